The highest BCUT2D eigenvalue weighted by molar-refractivity contribution is 5.85. The molecule has 0 radical (unpaired) electrons. The number of nitrogens with one attached hydrogen (secondary N) is 1. The van der Waals surface area contributed by atoms with Crippen LogP contribution in [0.3, 0.4) is 0 Å². The van der Waals surface area contributed by atoms with Crippen LogP contribution in [0.4, 0.5) is 0 Å². The summed E-state index contributed by atoms with van der Waals surface area (Å²) in [4.78, 5) is 13.7. The van der Waals surface area contributed by atoms with Gasteiger partial charge in [0, 0.05) is 19.7 Å². The Bertz CT molecular complexity index is 214. The lowest BCUT2D eigenvalue weighted by molar-refractivity contribution is -0.130. The van der Waals surface area contributed by atoms with E-state index in [9.17, 15) is 4.79 Å². The maximum atomic E-state index is 11.8. The molecule has 2 fully saturated rings. The molecule has 1 aliphatic carbocycles. The third kappa shape index (κ3) is 4.68. The van der Waals surface area contributed by atoms with Gasteiger partial charge in [0.05, 0.1) is 13.2 Å². The van der Waals surface area contributed by atoms with Crippen LogP contribution in [-0.4, -0.2) is 50.2 Å². The zero-order valence-corrected chi connectivity index (χ0v) is 10.4. The summed E-state index contributed by atoms with van der Waals surface area (Å²) in [6.45, 7) is 4.59. The van der Waals surface area contributed by atoms with Gasteiger partial charge in [0.15, 0.2) is 0 Å². The fourth-order valence-corrected chi connectivity index (χ4v) is 1.81. The summed E-state index contributed by atoms with van der Waals surface area (Å²) in [6, 6.07) is 0. The van der Waals surface area contributed by atoms with Crippen molar-refractivity contribution in [1.29, 1.82) is 0 Å². The molecule has 1 N–H and O–H groups in total. The average molecular weight is 249 g/mol. The summed E-state index contributed by atoms with van der Waals surface area (Å²) in [5.74, 6) is 1.06. The van der Waals surface area contributed by atoms with Gasteiger partial charge >= 0.3 is 0 Å². The Labute approximate surface area is 103 Å². The molecule has 0 aromatic rings. The number of carbonyl (C=O) groups excluding carboxylic acids is 1. The lowest BCUT2D eigenvalue weighted by atomic mass is 10.3. The third-order valence-corrected chi connectivity index (χ3v) is 2.98. The molecule has 1 saturated carbocycles. The molecule has 94 valence electrons. The van der Waals surface area contributed by atoms with Gasteiger partial charge in [-0.3, -0.25) is 4.79 Å². The Balaban J connectivity index is 0.00000128. The van der Waals surface area contributed by atoms with Crippen molar-refractivity contribution in [2.45, 2.75) is 19.3 Å². The second-order valence-electron chi connectivity index (χ2n) is 4.42. The zero-order chi connectivity index (χ0) is 10.5. The molecule has 1 aliphatic heterocycles. The molecule has 0 spiro atoms. The first-order valence-corrected chi connectivity index (χ1v) is 5.92. The summed E-state index contributed by atoms with van der Waals surface area (Å²) >= 11 is 0. The number of nitrogens with zero attached hydrogens (tertiary/aromatic N) is 1. The first-order chi connectivity index (χ1) is 7.36. The van der Waals surface area contributed by atoms with E-state index in [1.54, 1.807) is 0 Å². The number of hydrogen-bond donors (Lipinski definition) is 1. The van der Waals surface area contributed by atoms with E-state index < -0.39 is 0 Å². The molecule has 0 atom stereocenters. The summed E-state index contributed by atoms with van der Waals surface area (Å²) in [7, 11) is 0. The van der Waals surface area contributed by atoms with Crippen molar-refractivity contribution < 1.29 is 9.53 Å². The average Bonchev–Trinajstić information content (AvgIpc) is 3.04. The number of hydrogen-bond acceptors (Lipinski definition) is 3. The molecular weight excluding hydrogens is 228 g/mol. The second-order valence-corrected chi connectivity index (χ2v) is 4.42. The highest BCUT2D eigenvalue weighted by atomic mass is 35.5. The number of amides is 1. The largest absolute Gasteiger partial charge is 0.380 e. The monoisotopic (exact) mass is 248 g/mol. The minimum absolute atomic E-state index is 0. The van der Waals surface area contributed by atoms with Gasteiger partial charge in [0.1, 0.15) is 0 Å². The van der Waals surface area contributed by atoms with Gasteiger partial charge in [-0.15, -0.1) is 12.4 Å². The van der Waals surface area contributed by atoms with Crippen LogP contribution in [0, 0.1) is 5.92 Å². The third-order valence-electron chi connectivity index (χ3n) is 2.98. The highest BCUT2D eigenvalue weighted by Gasteiger charge is 2.21. The van der Waals surface area contributed by atoms with E-state index in [1.165, 1.54) is 12.8 Å². The van der Waals surface area contributed by atoms with E-state index in [0.29, 0.717) is 13.2 Å². The Hall–Kier alpha value is -0.320. The predicted octanol–water partition coefficient (Wildman–Crippen LogP) is 0.657. The van der Waals surface area contributed by atoms with Crippen molar-refractivity contribution in [3.8, 4) is 0 Å². The highest BCUT2D eigenvalue weighted by Crippen LogP contribution is 2.27. The Morgan fingerprint density at radius 1 is 1.31 bits per heavy atom. The quantitative estimate of drug-likeness (QED) is 0.795. The lowest BCUT2D eigenvalue weighted by Gasteiger charge is -2.19. The van der Waals surface area contributed by atoms with Crippen LogP contribution in [0.1, 0.15) is 19.3 Å². The molecule has 1 amide bonds. The maximum absolute atomic E-state index is 11.8. The minimum Gasteiger partial charge on any atom is -0.380 e. The smallest absolute Gasteiger partial charge is 0.236 e. The zero-order valence-electron chi connectivity index (χ0n) is 9.61. The fourth-order valence-electron chi connectivity index (χ4n) is 1.81. The van der Waals surface area contributed by atoms with Gasteiger partial charge in [-0.2, -0.15) is 0 Å². The topological polar surface area (TPSA) is 41.6 Å². The number of rotatable bonds is 4. The molecule has 0 bridgehead atoms. The van der Waals surface area contributed by atoms with Crippen LogP contribution in [0.25, 0.3) is 0 Å². The normalized spacial score (nSPS) is 21.1. The number of carbonyl (C=O) groups is 1. The molecule has 16 heavy (non-hydrogen) atoms. The van der Waals surface area contributed by atoms with Crippen molar-refractivity contribution in [2.75, 3.05) is 39.4 Å². The van der Waals surface area contributed by atoms with Crippen LogP contribution in [-0.2, 0) is 9.53 Å². The van der Waals surface area contributed by atoms with Gasteiger partial charge in [0.2, 0.25) is 5.91 Å². The SMILES string of the molecule is Cl.O=C(CNCC1CC1)N1CCCOCC1. The van der Waals surface area contributed by atoms with Crippen molar-refractivity contribution >= 4 is 18.3 Å². The van der Waals surface area contributed by atoms with Crippen LogP contribution in [0.2, 0.25) is 0 Å². The molecule has 0 aromatic heterocycles. The Morgan fingerprint density at radius 2 is 2.12 bits per heavy atom. The minimum atomic E-state index is 0. The van der Waals surface area contributed by atoms with Gasteiger partial charge in [-0.25, -0.2) is 0 Å². The summed E-state index contributed by atoms with van der Waals surface area (Å²) in [6.07, 6.45) is 3.63. The van der Waals surface area contributed by atoms with Crippen LogP contribution in [0.15, 0.2) is 0 Å². The van der Waals surface area contributed by atoms with E-state index in [2.05, 4.69) is 5.32 Å². The van der Waals surface area contributed by atoms with E-state index in [4.69, 9.17) is 4.74 Å². The van der Waals surface area contributed by atoms with Crippen LogP contribution >= 0.6 is 12.4 Å². The van der Waals surface area contributed by atoms with Crippen LogP contribution in [0.5, 0.6) is 0 Å². The predicted molar refractivity (Wildman–Crippen MR) is 64.9 cm³/mol. The van der Waals surface area contributed by atoms with E-state index >= 15 is 0 Å². The first-order valence-electron chi connectivity index (χ1n) is 5.92. The van der Waals surface area contributed by atoms with E-state index in [0.717, 1.165) is 38.6 Å². The summed E-state index contributed by atoms with van der Waals surface area (Å²) in [5.41, 5.74) is 0. The van der Waals surface area contributed by atoms with Crippen molar-refractivity contribution in [1.82, 2.24) is 10.2 Å². The molecule has 2 aliphatic rings. The fraction of sp³-hybridized carbons (Fsp3) is 0.909. The second kappa shape index (κ2) is 7.09. The molecule has 0 unspecified atom stereocenters. The van der Waals surface area contributed by atoms with Gasteiger partial charge in [-0.05, 0) is 31.7 Å². The van der Waals surface area contributed by atoms with E-state index in [-0.39, 0.29) is 18.3 Å². The summed E-state index contributed by atoms with van der Waals surface area (Å²) < 4.78 is 5.31. The van der Waals surface area contributed by atoms with E-state index in [1.807, 2.05) is 4.90 Å². The lowest BCUT2D eigenvalue weighted by Crippen LogP contribution is -2.40. The maximum Gasteiger partial charge on any atom is 0.236 e. The molecule has 2 rings (SSSR count). The molecule has 4 nitrogen and oxygen atoms in total. The standard InChI is InChI=1S/C11H20N2O2.ClH/c14-11(9-12-8-10-2-3-10)13-4-1-6-15-7-5-13;/h10,12H,1-9H2;1H. The van der Waals surface area contributed by atoms with Gasteiger partial charge < -0.3 is 15.0 Å². The number of ether oxygens (including phenoxy) is 1. The van der Waals surface area contributed by atoms with Crippen LogP contribution < -0.4 is 5.32 Å². The molecule has 1 heterocycles. The first kappa shape index (κ1) is 13.7. The molecular formula is C11H21ClN2O2. The molecule has 0 aromatic carbocycles. The van der Waals surface area contributed by atoms with Gasteiger partial charge in [0.25, 0.3) is 0 Å². The molecule has 1 saturated heterocycles. The number of halogens is 1. The van der Waals surface area contributed by atoms with Crippen molar-refractivity contribution in [3.63, 3.8) is 0 Å². The van der Waals surface area contributed by atoms with Crippen molar-refractivity contribution in [3.05, 3.63) is 0 Å². The van der Waals surface area contributed by atoms with Crippen molar-refractivity contribution in [2.24, 2.45) is 5.92 Å². The Morgan fingerprint density at radius 3 is 2.88 bits per heavy atom. The summed E-state index contributed by atoms with van der Waals surface area (Å²) in [5, 5.41) is 3.23. The van der Waals surface area contributed by atoms with Gasteiger partial charge in [-0.1, -0.05) is 0 Å². The Kier molecular flexibility index (Phi) is 6.09. The molecule has 5 heteroatoms.